The molecule has 2 aliphatic rings. The van der Waals surface area contributed by atoms with E-state index >= 15 is 0 Å². The summed E-state index contributed by atoms with van der Waals surface area (Å²) in [4.78, 5) is 23.6. The summed E-state index contributed by atoms with van der Waals surface area (Å²) in [6.07, 6.45) is 4.89. The Bertz CT molecular complexity index is 890. The summed E-state index contributed by atoms with van der Waals surface area (Å²) < 4.78 is 5.10. The van der Waals surface area contributed by atoms with Crippen LogP contribution in [0, 0.1) is 0 Å². The molecule has 1 atom stereocenters. The minimum atomic E-state index is -0.0336. The summed E-state index contributed by atoms with van der Waals surface area (Å²) in [5.74, 6) is 1.00. The fraction of sp³-hybridized carbons (Fsp3) is 0.522. The molecule has 1 saturated heterocycles. The summed E-state index contributed by atoms with van der Waals surface area (Å²) in [6.45, 7) is 7.23. The maximum atomic E-state index is 13.2. The zero-order valence-corrected chi connectivity index (χ0v) is 17.6. The van der Waals surface area contributed by atoms with Crippen LogP contribution in [0.5, 0.6) is 0 Å². The van der Waals surface area contributed by atoms with Crippen molar-refractivity contribution in [3.05, 3.63) is 58.2 Å². The summed E-state index contributed by atoms with van der Waals surface area (Å²) in [7, 11) is 1.60. The molecule has 29 heavy (non-hydrogen) atoms. The first kappa shape index (κ1) is 20.0. The number of fused-ring (bicyclic) bond motifs is 1. The average Bonchev–Trinajstić information content (AvgIpc) is 3.27. The van der Waals surface area contributed by atoms with E-state index in [1.807, 2.05) is 4.90 Å². The van der Waals surface area contributed by atoms with Gasteiger partial charge in [-0.2, -0.15) is 0 Å². The van der Waals surface area contributed by atoms with Crippen molar-refractivity contribution in [2.45, 2.75) is 58.2 Å². The van der Waals surface area contributed by atoms with E-state index < -0.39 is 0 Å². The Morgan fingerprint density at radius 2 is 2.24 bits per heavy atom. The van der Waals surface area contributed by atoms with Crippen molar-refractivity contribution in [1.82, 2.24) is 20.2 Å². The van der Waals surface area contributed by atoms with Crippen molar-refractivity contribution >= 4 is 5.91 Å². The fourth-order valence-corrected chi connectivity index (χ4v) is 4.37. The second-order valence-electron chi connectivity index (χ2n) is 8.32. The van der Waals surface area contributed by atoms with Gasteiger partial charge in [-0.05, 0) is 60.0 Å². The molecule has 0 radical (unpaired) electrons. The molecule has 6 nitrogen and oxygen atoms in total. The van der Waals surface area contributed by atoms with Crippen LogP contribution < -0.4 is 5.32 Å². The number of carbonyl (C=O) groups excluding carboxylic acids is 1. The average molecular weight is 395 g/mol. The highest BCUT2D eigenvalue weighted by Gasteiger charge is 2.28. The van der Waals surface area contributed by atoms with Gasteiger partial charge in [-0.1, -0.05) is 26.0 Å². The molecular weight excluding hydrogens is 364 g/mol. The topological polar surface area (TPSA) is 67.3 Å². The molecule has 0 aliphatic carbocycles. The van der Waals surface area contributed by atoms with Gasteiger partial charge in [0.1, 0.15) is 12.3 Å². The number of hydrogen-bond acceptors (Lipinski definition) is 5. The van der Waals surface area contributed by atoms with Gasteiger partial charge in [0.05, 0.1) is 0 Å². The van der Waals surface area contributed by atoms with E-state index in [9.17, 15) is 4.79 Å². The van der Waals surface area contributed by atoms with Gasteiger partial charge in [-0.15, -0.1) is 0 Å². The number of nitrogens with one attached hydrogen (secondary N) is 1. The third-order valence-electron chi connectivity index (χ3n) is 5.99. The zero-order valence-electron chi connectivity index (χ0n) is 17.6. The van der Waals surface area contributed by atoms with Gasteiger partial charge in [0, 0.05) is 32.4 Å². The maximum Gasteiger partial charge on any atom is 0.272 e. The molecule has 6 heteroatoms. The first-order chi connectivity index (χ1) is 14.1. The lowest BCUT2D eigenvalue weighted by Gasteiger charge is -2.32. The van der Waals surface area contributed by atoms with Crippen LogP contribution in [-0.2, 0) is 24.3 Å². The number of carbonyl (C=O) groups is 1. The highest BCUT2D eigenvalue weighted by atomic mass is 16.5. The van der Waals surface area contributed by atoms with E-state index in [1.54, 1.807) is 19.4 Å². The van der Waals surface area contributed by atoms with Gasteiger partial charge in [-0.25, -0.2) is 9.97 Å². The van der Waals surface area contributed by atoms with Crippen molar-refractivity contribution in [2.24, 2.45) is 0 Å². The van der Waals surface area contributed by atoms with Crippen molar-refractivity contribution in [2.75, 3.05) is 20.2 Å². The Morgan fingerprint density at radius 3 is 2.97 bits per heavy atom. The second kappa shape index (κ2) is 8.59. The van der Waals surface area contributed by atoms with Crippen LogP contribution in [0.25, 0.3) is 0 Å². The number of nitrogens with zero attached hydrogens (tertiary/aromatic N) is 3. The second-order valence-corrected chi connectivity index (χ2v) is 8.32. The van der Waals surface area contributed by atoms with Gasteiger partial charge < -0.3 is 15.0 Å². The predicted octanol–water partition coefficient (Wildman–Crippen LogP) is 3.37. The minimum Gasteiger partial charge on any atom is -0.377 e. The number of hydrogen-bond donors (Lipinski definition) is 1. The molecule has 1 aromatic carbocycles. The van der Waals surface area contributed by atoms with E-state index in [0.29, 0.717) is 43.2 Å². The Kier molecular flexibility index (Phi) is 5.92. The first-order valence-electron chi connectivity index (χ1n) is 10.6. The number of benzene rings is 1. The van der Waals surface area contributed by atoms with Crippen LogP contribution in [0.2, 0.25) is 0 Å². The fourth-order valence-electron chi connectivity index (χ4n) is 4.37. The van der Waals surface area contributed by atoms with Crippen molar-refractivity contribution in [1.29, 1.82) is 0 Å². The van der Waals surface area contributed by atoms with Crippen LogP contribution in [0.1, 0.15) is 77.2 Å². The standard InChI is InChI=1S/C23H30N4O2/c1-15(2)17-11-16-7-10-27(13-19(16)18(12-17)20-5-4-8-24-20)23(28)21-6-9-25-22(26-21)14-29-3/h6,9,11-12,15,20,24H,4-5,7-8,10,13-14H2,1-3H3/t20-/m0/s1. The van der Waals surface area contributed by atoms with E-state index in [1.165, 1.54) is 28.7 Å². The summed E-state index contributed by atoms with van der Waals surface area (Å²) >= 11 is 0. The number of amides is 1. The van der Waals surface area contributed by atoms with Gasteiger partial charge >= 0.3 is 0 Å². The van der Waals surface area contributed by atoms with Crippen LogP contribution in [0.4, 0.5) is 0 Å². The van der Waals surface area contributed by atoms with Gasteiger partial charge in [0.15, 0.2) is 5.82 Å². The largest absolute Gasteiger partial charge is 0.377 e. The molecule has 4 rings (SSSR count). The smallest absolute Gasteiger partial charge is 0.272 e. The lowest BCUT2D eigenvalue weighted by Crippen LogP contribution is -2.37. The van der Waals surface area contributed by atoms with E-state index in [2.05, 4.69) is 41.3 Å². The molecule has 0 spiro atoms. The van der Waals surface area contributed by atoms with Crippen LogP contribution >= 0.6 is 0 Å². The van der Waals surface area contributed by atoms with Crippen molar-refractivity contribution < 1.29 is 9.53 Å². The third kappa shape index (κ3) is 4.19. The highest BCUT2D eigenvalue weighted by Crippen LogP contribution is 2.34. The molecule has 3 heterocycles. The van der Waals surface area contributed by atoms with Crippen LogP contribution in [-0.4, -0.2) is 41.0 Å². The monoisotopic (exact) mass is 394 g/mol. The maximum absolute atomic E-state index is 13.2. The lowest BCUT2D eigenvalue weighted by atomic mass is 9.86. The zero-order chi connectivity index (χ0) is 20.4. The molecule has 2 aromatic rings. The molecule has 1 aromatic heterocycles. The Balaban J connectivity index is 1.63. The van der Waals surface area contributed by atoms with Crippen molar-refractivity contribution in [3.63, 3.8) is 0 Å². The molecule has 2 aliphatic heterocycles. The van der Waals surface area contributed by atoms with Crippen LogP contribution in [0.3, 0.4) is 0 Å². The highest BCUT2D eigenvalue weighted by molar-refractivity contribution is 5.92. The molecule has 1 amide bonds. The Hall–Kier alpha value is -2.31. The van der Waals surface area contributed by atoms with Crippen LogP contribution in [0.15, 0.2) is 24.4 Å². The minimum absolute atomic E-state index is 0.0336. The predicted molar refractivity (Wildman–Crippen MR) is 112 cm³/mol. The summed E-state index contributed by atoms with van der Waals surface area (Å²) in [6, 6.07) is 6.80. The Labute approximate surface area is 172 Å². The quantitative estimate of drug-likeness (QED) is 0.842. The molecule has 154 valence electrons. The third-order valence-corrected chi connectivity index (χ3v) is 5.99. The number of ether oxygens (including phenoxy) is 1. The molecular formula is C23H30N4O2. The van der Waals surface area contributed by atoms with Crippen molar-refractivity contribution in [3.8, 4) is 0 Å². The van der Waals surface area contributed by atoms with E-state index in [-0.39, 0.29) is 5.91 Å². The lowest BCUT2D eigenvalue weighted by molar-refractivity contribution is 0.0726. The van der Waals surface area contributed by atoms with Gasteiger partial charge in [-0.3, -0.25) is 4.79 Å². The molecule has 0 saturated carbocycles. The number of aromatic nitrogens is 2. The molecule has 1 N–H and O–H groups in total. The van der Waals surface area contributed by atoms with E-state index in [4.69, 9.17) is 4.74 Å². The molecule has 0 unspecified atom stereocenters. The summed E-state index contributed by atoms with van der Waals surface area (Å²) in [5.41, 5.74) is 5.93. The number of rotatable bonds is 5. The normalized spacial score (nSPS) is 18.9. The SMILES string of the molecule is COCc1nccc(C(=O)N2CCc3cc(C(C)C)cc([C@@H]4CCCN4)c3C2)n1. The van der Waals surface area contributed by atoms with Gasteiger partial charge in [0.2, 0.25) is 0 Å². The summed E-state index contributed by atoms with van der Waals surface area (Å²) in [5, 5.41) is 3.65. The van der Waals surface area contributed by atoms with E-state index in [0.717, 1.165) is 19.4 Å². The van der Waals surface area contributed by atoms with Gasteiger partial charge in [0.25, 0.3) is 5.91 Å². The Morgan fingerprint density at radius 1 is 1.38 bits per heavy atom. The molecule has 1 fully saturated rings. The molecule has 0 bridgehead atoms. The number of methoxy groups -OCH3 is 1. The first-order valence-corrected chi connectivity index (χ1v) is 10.6.